The Morgan fingerprint density at radius 1 is 1.11 bits per heavy atom. The van der Waals surface area contributed by atoms with E-state index in [2.05, 4.69) is 32.7 Å². The van der Waals surface area contributed by atoms with Gasteiger partial charge in [-0.3, -0.25) is 4.79 Å². The van der Waals surface area contributed by atoms with Crippen molar-refractivity contribution in [2.75, 3.05) is 58.0 Å². The maximum Gasteiger partial charge on any atom is 0.407 e. The lowest BCUT2D eigenvalue weighted by atomic mass is 9.93. The van der Waals surface area contributed by atoms with Crippen molar-refractivity contribution in [1.82, 2.24) is 25.0 Å². The van der Waals surface area contributed by atoms with Crippen molar-refractivity contribution in [2.45, 2.75) is 71.8 Å². The standard InChI is InChI=1S/C35H51N7O5/c1-23-16-24(2)42(40-23)30-18-26(17-29(20-30)37-13-14-38-34(44)47-35(3,4)5)27(19-32(43)46-7)22-41-15-12-25(21-41)8-9-28-10-11-31(45-6)33(36)39-28/h10-11,16-18,20,25,27,37H,8-9,12-15,19,21-22H2,1-7H3,(H2,36,39)(H,38,44)/t25-,27-/m1/s1. The number of esters is 1. The lowest BCUT2D eigenvalue weighted by Gasteiger charge is -2.25. The van der Waals surface area contributed by atoms with Crippen LogP contribution in [0, 0.1) is 19.8 Å². The number of anilines is 2. The first-order chi connectivity index (χ1) is 22.3. The quantitative estimate of drug-likeness (QED) is 0.161. The zero-order valence-electron chi connectivity index (χ0n) is 28.9. The summed E-state index contributed by atoms with van der Waals surface area (Å²) in [5, 5.41) is 11.0. The lowest BCUT2D eigenvalue weighted by Crippen LogP contribution is -2.35. The number of nitrogens with zero attached hydrogens (tertiary/aromatic N) is 4. The number of likely N-dealkylation sites (tertiary alicyclic amines) is 1. The van der Waals surface area contributed by atoms with E-state index < -0.39 is 11.7 Å². The third kappa shape index (κ3) is 10.6. The minimum Gasteiger partial charge on any atom is -0.493 e. The normalized spacial score (nSPS) is 15.7. The van der Waals surface area contributed by atoms with Gasteiger partial charge in [-0.15, -0.1) is 0 Å². The molecular weight excluding hydrogens is 598 g/mol. The molecule has 4 N–H and O–H groups in total. The molecule has 12 heteroatoms. The molecule has 1 saturated heterocycles. The van der Waals surface area contributed by atoms with Crippen molar-refractivity contribution in [2.24, 2.45) is 5.92 Å². The zero-order valence-corrected chi connectivity index (χ0v) is 28.9. The third-order valence-corrected chi connectivity index (χ3v) is 8.25. The predicted octanol–water partition coefficient (Wildman–Crippen LogP) is 5.01. The topological polar surface area (TPSA) is 146 Å². The van der Waals surface area contributed by atoms with Gasteiger partial charge in [0.1, 0.15) is 5.60 Å². The smallest absolute Gasteiger partial charge is 0.407 e. The van der Waals surface area contributed by atoms with E-state index in [9.17, 15) is 9.59 Å². The summed E-state index contributed by atoms with van der Waals surface area (Å²) >= 11 is 0. The molecule has 2 aromatic heterocycles. The molecule has 3 aromatic rings. The minimum absolute atomic E-state index is 0.0957. The highest BCUT2D eigenvalue weighted by molar-refractivity contribution is 5.71. The Hall–Kier alpha value is -4.32. The molecule has 0 bridgehead atoms. The Morgan fingerprint density at radius 3 is 2.55 bits per heavy atom. The number of methoxy groups -OCH3 is 2. The van der Waals surface area contributed by atoms with E-state index in [1.807, 2.05) is 63.6 Å². The molecule has 0 unspecified atom stereocenters. The number of amides is 1. The van der Waals surface area contributed by atoms with E-state index in [1.54, 1.807) is 7.11 Å². The van der Waals surface area contributed by atoms with Crippen LogP contribution in [0.5, 0.6) is 5.75 Å². The van der Waals surface area contributed by atoms with Crippen molar-refractivity contribution < 1.29 is 23.8 Å². The maximum atomic E-state index is 12.7. The lowest BCUT2D eigenvalue weighted by molar-refractivity contribution is -0.141. The fraction of sp³-hybridized carbons (Fsp3) is 0.543. The van der Waals surface area contributed by atoms with E-state index in [-0.39, 0.29) is 18.3 Å². The second-order valence-corrected chi connectivity index (χ2v) is 13.3. The first-order valence-corrected chi connectivity index (χ1v) is 16.3. The van der Waals surface area contributed by atoms with Gasteiger partial charge < -0.3 is 35.5 Å². The number of carbonyl (C=O) groups is 2. The SMILES string of the molecule is COC(=O)C[C@H](CN1CC[C@@H](CCc2ccc(OC)c(N)n2)C1)c1cc(NCCNC(=O)OC(C)(C)C)cc(-n2nc(C)cc2C)c1. The first-order valence-electron chi connectivity index (χ1n) is 16.3. The van der Waals surface area contributed by atoms with Gasteiger partial charge in [-0.2, -0.15) is 5.10 Å². The number of rotatable bonds is 14. The highest BCUT2D eigenvalue weighted by atomic mass is 16.6. The van der Waals surface area contributed by atoms with Crippen molar-refractivity contribution in [1.29, 1.82) is 0 Å². The maximum absolute atomic E-state index is 12.7. The van der Waals surface area contributed by atoms with Gasteiger partial charge in [-0.1, -0.05) is 0 Å². The largest absolute Gasteiger partial charge is 0.493 e. The minimum atomic E-state index is -0.563. The number of pyridine rings is 1. The third-order valence-electron chi connectivity index (χ3n) is 8.25. The van der Waals surface area contributed by atoms with Crippen LogP contribution in [-0.2, 0) is 20.7 Å². The summed E-state index contributed by atoms with van der Waals surface area (Å²) in [5.41, 5.74) is 11.1. The Kier molecular flexibility index (Phi) is 12.1. The summed E-state index contributed by atoms with van der Waals surface area (Å²) in [6.45, 7) is 13.0. The monoisotopic (exact) mass is 649 g/mol. The van der Waals surface area contributed by atoms with E-state index in [0.717, 1.165) is 72.9 Å². The van der Waals surface area contributed by atoms with E-state index in [4.69, 9.17) is 25.0 Å². The van der Waals surface area contributed by atoms with Crippen molar-refractivity contribution >= 4 is 23.6 Å². The summed E-state index contributed by atoms with van der Waals surface area (Å²) in [5.74, 6) is 1.19. The van der Waals surface area contributed by atoms with Crippen LogP contribution in [0.3, 0.4) is 0 Å². The number of carbonyl (C=O) groups excluding carboxylic acids is 2. The Morgan fingerprint density at radius 2 is 1.89 bits per heavy atom. The van der Waals surface area contributed by atoms with Crippen LogP contribution in [0.4, 0.5) is 16.3 Å². The van der Waals surface area contributed by atoms with E-state index >= 15 is 0 Å². The molecule has 0 aliphatic carbocycles. The highest BCUT2D eigenvalue weighted by Gasteiger charge is 2.27. The Bertz CT molecular complexity index is 1520. The van der Waals surface area contributed by atoms with Crippen LogP contribution >= 0.6 is 0 Å². The zero-order chi connectivity index (χ0) is 34.1. The molecule has 1 amide bonds. The second-order valence-electron chi connectivity index (χ2n) is 13.3. The van der Waals surface area contributed by atoms with Crippen LogP contribution in [0.25, 0.3) is 5.69 Å². The molecule has 1 aliphatic rings. The van der Waals surface area contributed by atoms with Crippen molar-refractivity contribution in [3.8, 4) is 11.4 Å². The number of nitrogens with two attached hydrogens (primary N) is 1. The fourth-order valence-corrected chi connectivity index (χ4v) is 6.04. The van der Waals surface area contributed by atoms with Gasteiger partial charge in [0.2, 0.25) is 0 Å². The number of aryl methyl sites for hydroxylation is 3. The summed E-state index contributed by atoms with van der Waals surface area (Å²) in [7, 11) is 3.02. The van der Waals surface area contributed by atoms with Gasteiger partial charge in [0, 0.05) is 49.2 Å². The van der Waals surface area contributed by atoms with Gasteiger partial charge in [-0.25, -0.2) is 14.5 Å². The van der Waals surface area contributed by atoms with Crippen molar-refractivity contribution in [3.05, 3.63) is 59.0 Å². The molecule has 12 nitrogen and oxygen atoms in total. The number of nitrogen functional groups attached to an aromatic ring is 1. The van der Waals surface area contributed by atoms with Crippen molar-refractivity contribution in [3.63, 3.8) is 0 Å². The number of ether oxygens (including phenoxy) is 3. The first kappa shape index (κ1) is 35.5. The number of alkyl carbamates (subject to hydrolysis) is 1. The van der Waals surface area contributed by atoms with E-state index in [0.29, 0.717) is 30.6 Å². The molecule has 0 saturated carbocycles. The molecule has 256 valence electrons. The van der Waals surface area contributed by atoms with Gasteiger partial charge in [0.15, 0.2) is 11.6 Å². The highest BCUT2D eigenvalue weighted by Crippen LogP contribution is 2.31. The summed E-state index contributed by atoms with van der Waals surface area (Å²) in [4.78, 5) is 31.8. The van der Waals surface area contributed by atoms with Crippen LogP contribution in [0.1, 0.15) is 68.6 Å². The average Bonchev–Trinajstić information content (AvgIpc) is 3.61. The average molecular weight is 650 g/mol. The van der Waals surface area contributed by atoms with Crippen LogP contribution in [0.15, 0.2) is 36.4 Å². The number of nitrogens with one attached hydrogen (secondary N) is 2. The molecule has 1 fully saturated rings. The molecule has 0 radical (unpaired) electrons. The Labute approximate surface area is 278 Å². The van der Waals surface area contributed by atoms with E-state index in [1.165, 1.54) is 7.11 Å². The molecule has 2 atom stereocenters. The van der Waals surface area contributed by atoms with Crippen LogP contribution in [0.2, 0.25) is 0 Å². The number of hydrogen-bond donors (Lipinski definition) is 3. The van der Waals surface area contributed by atoms with Crippen LogP contribution < -0.4 is 21.1 Å². The fourth-order valence-electron chi connectivity index (χ4n) is 6.04. The number of hydrogen-bond acceptors (Lipinski definition) is 10. The molecule has 3 heterocycles. The summed E-state index contributed by atoms with van der Waals surface area (Å²) in [6, 6.07) is 12.1. The van der Waals surface area contributed by atoms with Crippen LogP contribution in [-0.4, -0.2) is 84.3 Å². The molecule has 1 aromatic carbocycles. The molecular formula is C35H51N7O5. The molecule has 0 spiro atoms. The predicted molar refractivity (Wildman–Crippen MR) is 183 cm³/mol. The van der Waals surface area contributed by atoms with Gasteiger partial charge in [-0.05, 0) is 108 Å². The number of benzene rings is 1. The molecule has 47 heavy (non-hydrogen) atoms. The summed E-state index contributed by atoms with van der Waals surface area (Å²) in [6.07, 6.45) is 2.74. The van der Waals surface area contributed by atoms with Gasteiger partial charge in [0.05, 0.1) is 32.0 Å². The second kappa shape index (κ2) is 16.0. The summed E-state index contributed by atoms with van der Waals surface area (Å²) < 4.78 is 17.6. The van der Waals surface area contributed by atoms with Gasteiger partial charge >= 0.3 is 12.1 Å². The van der Waals surface area contributed by atoms with Gasteiger partial charge in [0.25, 0.3) is 0 Å². The molecule has 1 aliphatic heterocycles. The Balaban J connectivity index is 1.48. The molecule has 4 rings (SSSR count). The number of aromatic nitrogens is 3.